The minimum atomic E-state index is -0.435. The van der Waals surface area contributed by atoms with Gasteiger partial charge in [-0.25, -0.2) is 4.98 Å². The van der Waals surface area contributed by atoms with Crippen LogP contribution in [0.5, 0.6) is 0 Å². The molecule has 1 aliphatic carbocycles. The molecule has 0 spiro atoms. The van der Waals surface area contributed by atoms with Crippen molar-refractivity contribution in [2.75, 3.05) is 13.1 Å². The first-order chi connectivity index (χ1) is 15.5. The molecule has 2 amide bonds. The molecule has 168 valence electrons. The molecule has 0 radical (unpaired) electrons. The van der Waals surface area contributed by atoms with Gasteiger partial charge in [-0.1, -0.05) is 37.3 Å². The van der Waals surface area contributed by atoms with Crippen LogP contribution in [0.3, 0.4) is 0 Å². The number of aromatic amines is 1. The van der Waals surface area contributed by atoms with E-state index in [9.17, 15) is 14.4 Å². The first-order valence-corrected chi connectivity index (χ1v) is 11.8. The Balaban J connectivity index is 1.46. The number of hydrogen-bond donors (Lipinski definition) is 1. The number of rotatable bonds is 4. The van der Waals surface area contributed by atoms with E-state index in [0.29, 0.717) is 49.6 Å². The monoisotopic (exact) mass is 434 g/mol. The molecular formula is C25H30N4O3. The van der Waals surface area contributed by atoms with Gasteiger partial charge in [-0.05, 0) is 44.1 Å². The maximum absolute atomic E-state index is 13.8. The van der Waals surface area contributed by atoms with Gasteiger partial charge in [0.1, 0.15) is 5.82 Å². The van der Waals surface area contributed by atoms with Crippen molar-refractivity contribution in [2.24, 2.45) is 0 Å². The van der Waals surface area contributed by atoms with Gasteiger partial charge in [0.2, 0.25) is 11.8 Å². The van der Waals surface area contributed by atoms with Gasteiger partial charge in [0.25, 0.3) is 5.56 Å². The fraction of sp³-hybridized carbons (Fsp3) is 0.520. The molecule has 0 bridgehead atoms. The summed E-state index contributed by atoms with van der Waals surface area (Å²) in [6, 6.07) is 9.81. The van der Waals surface area contributed by atoms with Crippen molar-refractivity contribution in [3.8, 4) is 0 Å². The molecule has 2 aliphatic heterocycles. The SMILES string of the molecule is CCC(=O)N1CCc2c(nc([C@H]3CCCCN3C(=O)C3(c4ccccc4)CC3)[nH]c2=O)C1. The van der Waals surface area contributed by atoms with E-state index < -0.39 is 5.41 Å². The van der Waals surface area contributed by atoms with Crippen molar-refractivity contribution in [3.05, 3.63) is 63.3 Å². The van der Waals surface area contributed by atoms with Crippen LogP contribution in [0.25, 0.3) is 0 Å². The molecule has 1 aromatic heterocycles. The molecule has 1 atom stereocenters. The van der Waals surface area contributed by atoms with Gasteiger partial charge in [-0.2, -0.15) is 0 Å². The number of H-pyrrole nitrogens is 1. The molecule has 3 aliphatic rings. The van der Waals surface area contributed by atoms with E-state index in [1.54, 1.807) is 4.90 Å². The second kappa shape index (κ2) is 8.19. The molecule has 32 heavy (non-hydrogen) atoms. The van der Waals surface area contributed by atoms with Crippen molar-refractivity contribution in [2.45, 2.75) is 69.9 Å². The number of amides is 2. The predicted molar refractivity (Wildman–Crippen MR) is 120 cm³/mol. The lowest BCUT2D eigenvalue weighted by Gasteiger charge is -2.38. The molecule has 1 aromatic carbocycles. The van der Waals surface area contributed by atoms with Gasteiger partial charge in [0, 0.05) is 25.1 Å². The summed E-state index contributed by atoms with van der Waals surface area (Å²) in [5.74, 6) is 0.792. The number of fused-ring (bicyclic) bond motifs is 1. The highest BCUT2D eigenvalue weighted by molar-refractivity contribution is 5.91. The Hall–Kier alpha value is -2.96. The zero-order valence-corrected chi connectivity index (χ0v) is 18.6. The third-order valence-electron chi connectivity index (χ3n) is 7.31. The summed E-state index contributed by atoms with van der Waals surface area (Å²) in [6.45, 7) is 3.45. The first kappa shape index (κ1) is 20.9. The van der Waals surface area contributed by atoms with Crippen molar-refractivity contribution in [3.63, 3.8) is 0 Å². The highest BCUT2D eigenvalue weighted by Crippen LogP contribution is 2.51. The highest BCUT2D eigenvalue weighted by Gasteiger charge is 2.54. The Bertz CT molecular complexity index is 1090. The Morgan fingerprint density at radius 3 is 2.66 bits per heavy atom. The molecular weight excluding hydrogens is 404 g/mol. The molecule has 1 saturated heterocycles. The van der Waals surface area contributed by atoms with Gasteiger partial charge < -0.3 is 14.8 Å². The minimum Gasteiger partial charge on any atom is -0.336 e. The van der Waals surface area contributed by atoms with Crippen molar-refractivity contribution in [1.29, 1.82) is 0 Å². The quantitative estimate of drug-likeness (QED) is 0.802. The highest BCUT2D eigenvalue weighted by atomic mass is 16.2. The number of nitrogens with zero attached hydrogens (tertiary/aromatic N) is 3. The molecule has 1 N–H and O–H groups in total. The van der Waals surface area contributed by atoms with Crippen LogP contribution >= 0.6 is 0 Å². The lowest BCUT2D eigenvalue weighted by molar-refractivity contribution is -0.138. The van der Waals surface area contributed by atoms with Crippen LogP contribution in [-0.4, -0.2) is 44.7 Å². The molecule has 0 unspecified atom stereocenters. The Kier molecular flexibility index (Phi) is 5.35. The maximum Gasteiger partial charge on any atom is 0.254 e. The molecule has 3 heterocycles. The van der Waals surface area contributed by atoms with E-state index in [2.05, 4.69) is 4.98 Å². The van der Waals surface area contributed by atoms with Gasteiger partial charge in [-0.15, -0.1) is 0 Å². The van der Waals surface area contributed by atoms with E-state index in [1.807, 2.05) is 42.2 Å². The third kappa shape index (κ3) is 3.53. The number of benzene rings is 1. The van der Waals surface area contributed by atoms with Crippen LogP contribution in [0.4, 0.5) is 0 Å². The number of hydrogen-bond acceptors (Lipinski definition) is 4. The van der Waals surface area contributed by atoms with Crippen LogP contribution in [0.1, 0.15) is 74.1 Å². The second-order valence-electron chi connectivity index (χ2n) is 9.25. The largest absolute Gasteiger partial charge is 0.336 e. The predicted octanol–water partition coefficient (Wildman–Crippen LogP) is 2.85. The summed E-state index contributed by atoms with van der Waals surface area (Å²) in [4.78, 5) is 50.4. The second-order valence-corrected chi connectivity index (χ2v) is 9.25. The van der Waals surface area contributed by atoms with E-state index >= 15 is 0 Å². The summed E-state index contributed by atoms with van der Waals surface area (Å²) < 4.78 is 0. The fourth-order valence-corrected chi connectivity index (χ4v) is 5.30. The average molecular weight is 435 g/mol. The van der Waals surface area contributed by atoms with Crippen LogP contribution in [0, 0.1) is 0 Å². The van der Waals surface area contributed by atoms with Crippen molar-refractivity contribution in [1.82, 2.24) is 19.8 Å². The van der Waals surface area contributed by atoms with Crippen LogP contribution < -0.4 is 5.56 Å². The van der Waals surface area contributed by atoms with Crippen LogP contribution in [-0.2, 0) is 28.0 Å². The lowest BCUT2D eigenvalue weighted by atomic mass is 9.91. The van der Waals surface area contributed by atoms with Gasteiger partial charge in [0.05, 0.1) is 23.7 Å². The maximum atomic E-state index is 13.8. The van der Waals surface area contributed by atoms with E-state index in [4.69, 9.17) is 4.98 Å². The summed E-state index contributed by atoms with van der Waals surface area (Å²) in [7, 11) is 0. The molecule has 2 aromatic rings. The summed E-state index contributed by atoms with van der Waals surface area (Å²) >= 11 is 0. The number of likely N-dealkylation sites (tertiary alicyclic amines) is 1. The molecule has 2 fully saturated rings. The lowest BCUT2D eigenvalue weighted by Crippen LogP contribution is -2.46. The first-order valence-electron chi connectivity index (χ1n) is 11.8. The normalized spacial score (nSPS) is 21.7. The standard InChI is InChI=1S/C25H30N4O3/c1-2-21(30)28-15-11-18-19(16-28)26-22(27-23(18)31)20-10-6-7-14-29(20)24(32)25(12-13-25)17-8-4-3-5-9-17/h3-5,8-9,20H,2,6-7,10-16H2,1H3,(H,26,27,31)/t20-/m1/s1. The average Bonchev–Trinajstić information content (AvgIpc) is 3.65. The summed E-state index contributed by atoms with van der Waals surface area (Å²) in [6.07, 6.45) is 5.43. The molecule has 5 rings (SSSR count). The Morgan fingerprint density at radius 2 is 1.94 bits per heavy atom. The number of aromatic nitrogens is 2. The number of nitrogens with one attached hydrogen (secondary N) is 1. The van der Waals surface area contributed by atoms with E-state index in [0.717, 1.165) is 37.7 Å². The van der Waals surface area contributed by atoms with Gasteiger partial charge >= 0.3 is 0 Å². The van der Waals surface area contributed by atoms with E-state index in [-0.39, 0.29) is 23.4 Å². The Labute approximate surface area is 187 Å². The fourth-order valence-electron chi connectivity index (χ4n) is 5.30. The summed E-state index contributed by atoms with van der Waals surface area (Å²) in [5.41, 5.74) is 1.87. The zero-order valence-electron chi connectivity index (χ0n) is 18.6. The third-order valence-corrected chi connectivity index (χ3v) is 7.31. The zero-order chi connectivity index (χ0) is 22.3. The molecule has 1 saturated carbocycles. The number of piperidine rings is 1. The smallest absolute Gasteiger partial charge is 0.254 e. The number of carbonyl (C=O) groups is 2. The Morgan fingerprint density at radius 1 is 1.16 bits per heavy atom. The minimum absolute atomic E-state index is 0.0762. The van der Waals surface area contributed by atoms with Gasteiger partial charge in [-0.3, -0.25) is 14.4 Å². The van der Waals surface area contributed by atoms with Crippen LogP contribution in [0.2, 0.25) is 0 Å². The topological polar surface area (TPSA) is 86.4 Å². The molecule has 7 nitrogen and oxygen atoms in total. The molecule has 7 heteroatoms. The van der Waals surface area contributed by atoms with Crippen LogP contribution in [0.15, 0.2) is 35.1 Å². The summed E-state index contributed by atoms with van der Waals surface area (Å²) in [5, 5.41) is 0. The number of carbonyl (C=O) groups excluding carboxylic acids is 2. The van der Waals surface area contributed by atoms with Gasteiger partial charge in [0.15, 0.2) is 0 Å². The van der Waals surface area contributed by atoms with Crippen molar-refractivity contribution >= 4 is 11.8 Å². The van der Waals surface area contributed by atoms with E-state index in [1.165, 1.54) is 0 Å². The van der Waals surface area contributed by atoms with Crippen molar-refractivity contribution < 1.29 is 9.59 Å².